The molecule has 2 aromatic rings. The minimum Gasteiger partial charge on any atom is -0.303 e. The van der Waals surface area contributed by atoms with Gasteiger partial charge in [0.15, 0.2) is 0 Å². The Hall–Kier alpha value is -1.60. The molecule has 1 nitrogen and oxygen atoms in total. The molecule has 92 valence electrons. The standard InChI is InChI=1S/C17H19N/c1-13(14-7-3-2-4-8-14)18-17-12-11-15-9-5-6-10-16(15)17/h2-10,13,17-18H,11-12H2,1H3/t13?,17-/m1/s1. The van der Waals surface area contributed by atoms with E-state index in [1.807, 2.05) is 0 Å². The molecular formula is C17H19N. The highest BCUT2D eigenvalue weighted by atomic mass is 14.9. The molecule has 3 rings (SSSR count). The van der Waals surface area contributed by atoms with Crippen LogP contribution in [0.2, 0.25) is 0 Å². The fourth-order valence-electron chi connectivity index (χ4n) is 2.87. The second kappa shape index (κ2) is 4.95. The van der Waals surface area contributed by atoms with E-state index in [1.165, 1.54) is 29.5 Å². The number of rotatable bonds is 3. The van der Waals surface area contributed by atoms with Crippen LogP contribution in [0.1, 0.15) is 42.1 Å². The second-order valence-corrected chi connectivity index (χ2v) is 5.09. The summed E-state index contributed by atoms with van der Waals surface area (Å²) in [4.78, 5) is 0. The smallest absolute Gasteiger partial charge is 0.0331 e. The zero-order valence-corrected chi connectivity index (χ0v) is 10.8. The molecule has 0 saturated carbocycles. The van der Waals surface area contributed by atoms with Crippen molar-refractivity contribution >= 4 is 0 Å². The molecule has 2 atom stereocenters. The molecular weight excluding hydrogens is 218 g/mol. The van der Waals surface area contributed by atoms with Gasteiger partial charge in [-0.2, -0.15) is 0 Å². The first-order valence-electron chi connectivity index (χ1n) is 6.73. The van der Waals surface area contributed by atoms with Crippen molar-refractivity contribution in [2.75, 3.05) is 0 Å². The molecule has 0 aliphatic heterocycles. The van der Waals surface area contributed by atoms with Gasteiger partial charge >= 0.3 is 0 Å². The lowest BCUT2D eigenvalue weighted by Crippen LogP contribution is -2.22. The molecule has 1 aliphatic rings. The van der Waals surface area contributed by atoms with Crippen molar-refractivity contribution < 1.29 is 0 Å². The second-order valence-electron chi connectivity index (χ2n) is 5.09. The van der Waals surface area contributed by atoms with Crippen LogP contribution in [-0.4, -0.2) is 0 Å². The van der Waals surface area contributed by atoms with Gasteiger partial charge in [-0.15, -0.1) is 0 Å². The van der Waals surface area contributed by atoms with E-state index in [2.05, 4.69) is 66.8 Å². The van der Waals surface area contributed by atoms with Crippen LogP contribution in [-0.2, 0) is 6.42 Å². The van der Waals surface area contributed by atoms with Crippen LogP contribution in [0.4, 0.5) is 0 Å². The fourth-order valence-corrected chi connectivity index (χ4v) is 2.87. The van der Waals surface area contributed by atoms with Gasteiger partial charge in [0.1, 0.15) is 0 Å². The number of nitrogens with one attached hydrogen (secondary N) is 1. The predicted molar refractivity (Wildman–Crippen MR) is 75.5 cm³/mol. The van der Waals surface area contributed by atoms with Gasteiger partial charge in [0, 0.05) is 12.1 Å². The summed E-state index contributed by atoms with van der Waals surface area (Å²) in [6.07, 6.45) is 2.42. The van der Waals surface area contributed by atoms with E-state index in [0.29, 0.717) is 12.1 Å². The molecule has 0 bridgehead atoms. The van der Waals surface area contributed by atoms with Gasteiger partial charge in [-0.3, -0.25) is 0 Å². The fraction of sp³-hybridized carbons (Fsp3) is 0.294. The minimum absolute atomic E-state index is 0.405. The van der Waals surface area contributed by atoms with E-state index in [-0.39, 0.29) is 0 Å². The largest absolute Gasteiger partial charge is 0.303 e. The van der Waals surface area contributed by atoms with Crippen molar-refractivity contribution in [1.82, 2.24) is 5.32 Å². The summed E-state index contributed by atoms with van der Waals surface area (Å²) in [7, 11) is 0. The van der Waals surface area contributed by atoms with Crippen LogP contribution in [0.5, 0.6) is 0 Å². The van der Waals surface area contributed by atoms with E-state index in [9.17, 15) is 0 Å². The number of fused-ring (bicyclic) bond motifs is 1. The number of hydrogen-bond acceptors (Lipinski definition) is 1. The SMILES string of the molecule is CC(N[C@@H]1CCc2ccccc21)c1ccccc1. The van der Waals surface area contributed by atoms with E-state index < -0.39 is 0 Å². The topological polar surface area (TPSA) is 12.0 Å². The van der Waals surface area contributed by atoms with E-state index >= 15 is 0 Å². The van der Waals surface area contributed by atoms with Crippen molar-refractivity contribution in [2.24, 2.45) is 0 Å². The summed E-state index contributed by atoms with van der Waals surface area (Å²) in [5.74, 6) is 0. The Labute approximate surface area is 109 Å². The molecule has 1 N–H and O–H groups in total. The minimum atomic E-state index is 0.405. The lowest BCUT2D eigenvalue weighted by atomic mass is 10.0. The summed E-state index contributed by atoms with van der Waals surface area (Å²) >= 11 is 0. The third-order valence-electron chi connectivity index (χ3n) is 3.88. The van der Waals surface area contributed by atoms with Crippen molar-refractivity contribution in [1.29, 1.82) is 0 Å². The lowest BCUT2D eigenvalue weighted by molar-refractivity contribution is 0.465. The van der Waals surface area contributed by atoms with Gasteiger partial charge in [-0.25, -0.2) is 0 Å². The lowest BCUT2D eigenvalue weighted by Gasteiger charge is -2.20. The van der Waals surface area contributed by atoms with Gasteiger partial charge in [0.2, 0.25) is 0 Å². The highest BCUT2D eigenvalue weighted by molar-refractivity contribution is 5.34. The monoisotopic (exact) mass is 237 g/mol. The quantitative estimate of drug-likeness (QED) is 0.850. The molecule has 0 amide bonds. The van der Waals surface area contributed by atoms with Gasteiger partial charge < -0.3 is 5.32 Å². The molecule has 2 aromatic carbocycles. The van der Waals surface area contributed by atoms with Crippen molar-refractivity contribution in [3.63, 3.8) is 0 Å². The van der Waals surface area contributed by atoms with Crippen LogP contribution in [0.15, 0.2) is 54.6 Å². The summed E-state index contributed by atoms with van der Waals surface area (Å²) < 4.78 is 0. The van der Waals surface area contributed by atoms with E-state index in [1.54, 1.807) is 0 Å². The maximum absolute atomic E-state index is 3.75. The third-order valence-corrected chi connectivity index (χ3v) is 3.88. The first-order chi connectivity index (χ1) is 8.84. The highest BCUT2D eigenvalue weighted by Gasteiger charge is 2.23. The van der Waals surface area contributed by atoms with Crippen LogP contribution < -0.4 is 5.32 Å². The summed E-state index contributed by atoms with van der Waals surface area (Å²) in [6.45, 7) is 2.25. The van der Waals surface area contributed by atoms with Crippen molar-refractivity contribution in [2.45, 2.75) is 31.8 Å². The Morgan fingerprint density at radius 1 is 1.00 bits per heavy atom. The number of benzene rings is 2. The maximum atomic E-state index is 3.75. The average Bonchev–Trinajstić information content (AvgIpc) is 2.83. The van der Waals surface area contributed by atoms with Crippen molar-refractivity contribution in [3.8, 4) is 0 Å². The maximum Gasteiger partial charge on any atom is 0.0331 e. The van der Waals surface area contributed by atoms with Crippen molar-refractivity contribution in [3.05, 3.63) is 71.3 Å². The Morgan fingerprint density at radius 3 is 2.56 bits per heavy atom. The molecule has 0 radical (unpaired) electrons. The van der Waals surface area contributed by atoms with Crippen LogP contribution in [0.3, 0.4) is 0 Å². The van der Waals surface area contributed by atoms with Gasteiger partial charge in [-0.1, -0.05) is 54.6 Å². The molecule has 0 spiro atoms. The zero-order chi connectivity index (χ0) is 12.4. The van der Waals surface area contributed by atoms with Crippen LogP contribution in [0, 0.1) is 0 Å². The van der Waals surface area contributed by atoms with E-state index in [4.69, 9.17) is 0 Å². The Morgan fingerprint density at radius 2 is 1.72 bits per heavy atom. The Balaban J connectivity index is 1.75. The molecule has 1 aliphatic carbocycles. The third kappa shape index (κ3) is 2.19. The van der Waals surface area contributed by atoms with Gasteiger partial charge in [0.25, 0.3) is 0 Å². The number of hydrogen-bond donors (Lipinski definition) is 1. The zero-order valence-electron chi connectivity index (χ0n) is 10.8. The first kappa shape index (κ1) is 11.5. The van der Waals surface area contributed by atoms with E-state index in [0.717, 1.165) is 0 Å². The molecule has 0 aromatic heterocycles. The van der Waals surface area contributed by atoms with Crippen LogP contribution >= 0.6 is 0 Å². The van der Waals surface area contributed by atoms with Crippen LogP contribution in [0.25, 0.3) is 0 Å². The van der Waals surface area contributed by atoms with Gasteiger partial charge in [-0.05, 0) is 36.5 Å². The predicted octanol–water partition coefficient (Wildman–Crippen LogP) is 4.02. The summed E-state index contributed by atoms with van der Waals surface area (Å²) in [5.41, 5.74) is 4.36. The molecule has 1 heteroatoms. The molecule has 1 unspecified atom stereocenters. The molecule has 0 heterocycles. The molecule has 18 heavy (non-hydrogen) atoms. The number of aryl methyl sites for hydroxylation is 1. The van der Waals surface area contributed by atoms with Gasteiger partial charge in [0.05, 0.1) is 0 Å². The summed E-state index contributed by atoms with van der Waals surface area (Å²) in [5, 5.41) is 3.75. The molecule has 0 saturated heterocycles. The molecule has 0 fully saturated rings. The average molecular weight is 237 g/mol. The Kier molecular flexibility index (Phi) is 3.16. The normalized spacial score (nSPS) is 19.5. The summed E-state index contributed by atoms with van der Waals surface area (Å²) in [6, 6.07) is 20.4. The highest BCUT2D eigenvalue weighted by Crippen LogP contribution is 2.32. The Bertz CT molecular complexity index is 518. The first-order valence-corrected chi connectivity index (χ1v) is 6.73.